The van der Waals surface area contributed by atoms with Gasteiger partial charge in [-0.15, -0.1) is 0 Å². The minimum absolute atomic E-state index is 0.0407. The Balaban J connectivity index is 1.98. The molecular weight excluding hydrogens is 374 g/mol. The predicted octanol–water partition coefficient (Wildman–Crippen LogP) is 2.57. The standard InChI is InChI=1S/C21H27N3O5/c1-2-3-4-12-23-20(26)18(16-7-9-17(10-8-16)24(28)29)19(21(23)27)22-11-5-6-15(13-22)14-25/h7-10,15,25H,2-6,11-14H2,1H3. The first-order valence-corrected chi connectivity index (χ1v) is 10.2. The van der Waals surface area contributed by atoms with E-state index in [-0.39, 0.29) is 30.0 Å². The van der Waals surface area contributed by atoms with Crippen molar-refractivity contribution in [1.82, 2.24) is 9.80 Å². The van der Waals surface area contributed by atoms with Gasteiger partial charge < -0.3 is 10.0 Å². The van der Waals surface area contributed by atoms with E-state index in [1.807, 2.05) is 4.90 Å². The maximum Gasteiger partial charge on any atom is 0.277 e. The number of unbranched alkanes of at least 4 members (excludes halogenated alkanes) is 2. The molecule has 0 aromatic heterocycles. The molecule has 1 saturated heterocycles. The molecule has 1 atom stereocenters. The molecule has 0 aliphatic carbocycles. The van der Waals surface area contributed by atoms with E-state index < -0.39 is 4.92 Å². The summed E-state index contributed by atoms with van der Waals surface area (Å²) < 4.78 is 0. The first-order chi connectivity index (χ1) is 14.0. The van der Waals surface area contributed by atoms with Crippen LogP contribution in [0.3, 0.4) is 0 Å². The number of likely N-dealkylation sites (tertiary alicyclic amines) is 1. The molecule has 1 aromatic rings. The third-order valence-corrected chi connectivity index (χ3v) is 5.59. The van der Waals surface area contributed by atoms with Gasteiger partial charge in [-0.3, -0.25) is 24.6 Å². The Labute approximate surface area is 169 Å². The molecular formula is C21H27N3O5. The Morgan fingerprint density at radius 1 is 1.17 bits per heavy atom. The normalized spacial score (nSPS) is 20.0. The van der Waals surface area contributed by atoms with E-state index in [0.717, 1.165) is 32.1 Å². The van der Waals surface area contributed by atoms with E-state index in [1.165, 1.54) is 29.2 Å². The number of nitrogens with zero attached hydrogens (tertiary/aromatic N) is 3. The van der Waals surface area contributed by atoms with Gasteiger partial charge in [-0.05, 0) is 42.9 Å². The number of amides is 2. The molecule has 0 bridgehead atoms. The van der Waals surface area contributed by atoms with Gasteiger partial charge in [0, 0.05) is 38.4 Å². The van der Waals surface area contributed by atoms with E-state index in [4.69, 9.17) is 0 Å². The first-order valence-electron chi connectivity index (χ1n) is 10.2. The molecule has 3 rings (SSSR count). The van der Waals surface area contributed by atoms with Crippen LogP contribution in [0.25, 0.3) is 5.57 Å². The van der Waals surface area contributed by atoms with Crippen LogP contribution in [0, 0.1) is 16.0 Å². The molecule has 0 spiro atoms. The van der Waals surface area contributed by atoms with Gasteiger partial charge in [0.1, 0.15) is 5.70 Å². The molecule has 2 amide bonds. The Morgan fingerprint density at radius 2 is 1.90 bits per heavy atom. The number of imide groups is 1. The van der Waals surface area contributed by atoms with E-state index in [9.17, 15) is 24.8 Å². The Morgan fingerprint density at radius 3 is 2.52 bits per heavy atom. The van der Waals surface area contributed by atoms with Crippen LogP contribution in [0.2, 0.25) is 0 Å². The number of aliphatic hydroxyl groups is 1. The van der Waals surface area contributed by atoms with Crippen LogP contribution in [0.4, 0.5) is 5.69 Å². The molecule has 1 aromatic carbocycles. The number of carbonyl (C=O) groups excluding carboxylic acids is 2. The van der Waals surface area contributed by atoms with Crippen molar-refractivity contribution in [3.8, 4) is 0 Å². The number of rotatable bonds is 8. The fourth-order valence-electron chi connectivity index (χ4n) is 4.01. The second-order valence-electron chi connectivity index (χ2n) is 7.63. The number of non-ortho nitro benzene ring substituents is 1. The largest absolute Gasteiger partial charge is 0.396 e. The van der Waals surface area contributed by atoms with Crippen LogP contribution in [-0.4, -0.2) is 57.9 Å². The smallest absolute Gasteiger partial charge is 0.277 e. The Bertz CT molecular complexity index is 818. The Hall–Kier alpha value is -2.74. The number of hydrogen-bond acceptors (Lipinski definition) is 6. The van der Waals surface area contributed by atoms with Gasteiger partial charge in [0.05, 0.1) is 10.5 Å². The van der Waals surface area contributed by atoms with Gasteiger partial charge >= 0.3 is 0 Å². The molecule has 8 heteroatoms. The summed E-state index contributed by atoms with van der Waals surface area (Å²) in [5.41, 5.74) is 1.11. The third-order valence-electron chi connectivity index (χ3n) is 5.59. The quantitative estimate of drug-likeness (QED) is 0.311. The number of benzene rings is 1. The summed E-state index contributed by atoms with van der Waals surface area (Å²) in [4.78, 5) is 40.0. The van der Waals surface area contributed by atoms with Crippen molar-refractivity contribution in [2.45, 2.75) is 39.0 Å². The van der Waals surface area contributed by atoms with Gasteiger partial charge in [0.2, 0.25) is 0 Å². The third kappa shape index (κ3) is 4.32. The highest BCUT2D eigenvalue weighted by atomic mass is 16.6. The lowest BCUT2D eigenvalue weighted by Gasteiger charge is -2.34. The predicted molar refractivity (Wildman–Crippen MR) is 108 cm³/mol. The lowest BCUT2D eigenvalue weighted by Crippen LogP contribution is -2.40. The molecule has 0 radical (unpaired) electrons. The van der Waals surface area contributed by atoms with Gasteiger partial charge in [0.15, 0.2) is 0 Å². The summed E-state index contributed by atoms with van der Waals surface area (Å²) in [6.45, 7) is 3.62. The van der Waals surface area contributed by atoms with E-state index in [1.54, 1.807) is 0 Å². The van der Waals surface area contributed by atoms with Crippen molar-refractivity contribution in [3.63, 3.8) is 0 Å². The van der Waals surface area contributed by atoms with E-state index >= 15 is 0 Å². The van der Waals surface area contributed by atoms with Crippen molar-refractivity contribution in [1.29, 1.82) is 0 Å². The summed E-state index contributed by atoms with van der Waals surface area (Å²) in [6, 6.07) is 5.76. The SMILES string of the molecule is CCCCCN1C(=O)C(c2ccc([N+](=O)[O-])cc2)=C(N2CCCC(CO)C2)C1=O. The lowest BCUT2D eigenvalue weighted by molar-refractivity contribution is -0.384. The summed E-state index contributed by atoms with van der Waals surface area (Å²) in [5, 5.41) is 20.5. The second kappa shape index (κ2) is 9.17. The number of carbonyl (C=O) groups is 2. The van der Waals surface area contributed by atoms with Crippen molar-refractivity contribution < 1.29 is 19.6 Å². The summed E-state index contributed by atoms with van der Waals surface area (Å²) >= 11 is 0. The number of nitro groups is 1. The molecule has 0 saturated carbocycles. The first kappa shape index (κ1) is 21.0. The van der Waals surface area contributed by atoms with Crippen LogP contribution in [0.1, 0.15) is 44.6 Å². The highest BCUT2D eigenvalue weighted by Crippen LogP contribution is 2.34. The highest BCUT2D eigenvalue weighted by molar-refractivity contribution is 6.35. The van der Waals surface area contributed by atoms with Crippen molar-refractivity contribution in [2.24, 2.45) is 5.92 Å². The van der Waals surface area contributed by atoms with Crippen molar-refractivity contribution in [2.75, 3.05) is 26.2 Å². The average molecular weight is 401 g/mol. The lowest BCUT2D eigenvalue weighted by atomic mass is 9.97. The van der Waals surface area contributed by atoms with Gasteiger partial charge in [0.25, 0.3) is 17.5 Å². The average Bonchev–Trinajstić information content (AvgIpc) is 2.98. The maximum absolute atomic E-state index is 13.2. The zero-order chi connectivity index (χ0) is 21.0. The minimum atomic E-state index is -0.492. The zero-order valence-corrected chi connectivity index (χ0v) is 16.7. The maximum atomic E-state index is 13.2. The zero-order valence-electron chi connectivity index (χ0n) is 16.7. The molecule has 1 unspecified atom stereocenters. The number of piperidine rings is 1. The molecule has 2 heterocycles. The highest BCUT2D eigenvalue weighted by Gasteiger charge is 2.42. The number of aliphatic hydroxyl groups excluding tert-OH is 1. The van der Waals surface area contributed by atoms with Crippen molar-refractivity contribution in [3.05, 3.63) is 45.6 Å². The van der Waals surface area contributed by atoms with Crippen LogP contribution >= 0.6 is 0 Å². The van der Waals surface area contributed by atoms with Crippen LogP contribution in [-0.2, 0) is 9.59 Å². The fraction of sp³-hybridized carbons (Fsp3) is 0.524. The van der Waals surface area contributed by atoms with Gasteiger partial charge in [-0.1, -0.05) is 19.8 Å². The van der Waals surface area contributed by atoms with Crippen LogP contribution in [0.15, 0.2) is 30.0 Å². The molecule has 2 aliphatic rings. The summed E-state index contributed by atoms with van der Waals surface area (Å²) in [6.07, 6.45) is 4.37. The number of hydrogen-bond donors (Lipinski definition) is 1. The summed E-state index contributed by atoms with van der Waals surface area (Å²) in [5.74, 6) is -0.592. The van der Waals surface area contributed by atoms with E-state index in [2.05, 4.69) is 6.92 Å². The number of nitro benzene ring substituents is 1. The molecule has 29 heavy (non-hydrogen) atoms. The van der Waals surface area contributed by atoms with E-state index in [0.29, 0.717) is 36.5 Å². The van der Waals surface area contributed by atoms with Crippen molar-refractivity contribution >= 4 is 23.1 Å². The minimum Gasteiger partial charge on any atom is -0.396 e. The molecule has 1 N–H and O–H groups in total. The fourth-order valence-corrected chi connectivity index (χ4v) is 4.01. The monoisotopic (exact) mass is 401 g/mol. The summed E-state index contributed by atoms with van der Waals surface area (Å²) in [7, 11) is 0. The topological polar surface area (TPSA) is 104 Å². The van der Waals surface area contributed by atoms with Crippen LogP contribution in [0.5, 0.6) is 0 Å². The second-order valence-corrected chi connectivity index (χ2v) is 7.63. The molecule has 156 valence electrons. The molecule has 1 fully saturated rings. The van der Waals surface area contributed by atoms with Gasteiger partial charge in [-0.2, -0.15) is 0 Å². The Kier molecular flexibility index (Phi) is 6.64. The van der Waals surface area contributed by atoms with Gasteiger partial charge in [-0.25, -0.2) is 0 Å². The molecule has 2 aliphatic heterocycles. The molecule has 8 nitrogen and oxygen atoms in total. The van der Waals surface area contributed by atoms with Crippen LogP contribution < -0.4 is 0 Å².